The van der Waals surface area contributed by atoms with Gasteiger partial charge in [0.2, 0.25) is 0 Å². The van der Waals surface area contributed by atoms with E-state index in [4.69, 9.17) is 4.99 Å². The number of aliphatic imine (C=N–C) groups is 1. The van der Waals surface area contributed by atoms with Crippen LogP contribution in [-0.2, 0) is 0 Å². The Balaban J connectivity index is 2.49. The summed E-state index contributed by atoms with van der Waals surface area (Å²) in [6, 6.07) is 1.09. The molecule has 2 nitrogen and oxygen atoms in total. The summed E-state index contributed by atoms with van der Waals surface area (Å²) in [5, 5.41) is 4.72. The van der Waals surface area contributed by atoms with Crippen molar-refractivity contribution in [2.75, 3.05) is 5.75 Å². The standard InChI is InChI=1S/C12H24N2S/c1-6-10(8(2)3)13-12-14-11(7-15-12)9(4)5/h8-11H,6-7H2,1-5H3,(H,13,14). The molecule has 2 atom stereocenters. The number of hydrogen-bond donors (Lipinski definition) is 1. The molecule has 1 aliphatic heterocycles. The fraction of sp³-hybridized carbons (Fsp3) is 0.917. The summed E-state index contributed by atoms with van der Waals surface area (Å²) >= 11 is 1.88. The fourth-order valence-corrected chi connectivity index (χ4v) is 2.94. The highest BCUT2D eigenvalue weighted by Gasteiger charge is 2.23. The molecular weight excluding hydrogens is 204 g/mol. The molecule has 1 rings (SSSR count). The zero-order chi connectivity index (χ0) is 11.4. The number of hydrogen-bond acceptors (Lipinski definition) is 3. The van der Waals surface area contributed by atoms with Crippen LogP contribution in [0.1, 0.15) is 41.0 Å². The predicted octanol–water partition coefficient (Wildman–Crippen LogP) is 3.14. The normalized spacial score (nSPS) is 23.4. The Hall–Kier alpha value is -0.180. The molecular formula is C12H24N2S. The van der Waals surface area contributed by atoms with Crippen molar-refractivity contribution < 1.29 is 0 Å². The van der Waals surface area contributed by atoms with Crippen molar-refractivity contribution >= 4 is 16.9 Å². The maximum absolute atomic E-state index is 4.73. The van der Waals surface area contributed by atoms with Gasteiger partial charge in [0, 0.05) is 11.8 Å². The minimum Gasteiger partial charge on any atom is -0.362 e. The monoisotopic (exact) mass is 228 g/mol. The van der Waals surface area contributed by atoms with Crippen molar-refractivity contribution in [2.45, 2.75) is 53.1 Å². The van der Waals surface area contributed by atoms with Gasteiger partial charge in [0.25, 0.3) is 0 Å². The van der Waals surface area contributed by atoms with Gasteiger partial charge in [0.1, 0.15) is 0 Å². The molecule has 0 aliphatic carbocycles. The smallest absolute Gasteiger partial charge is 0.157 e. The summed E-state index contributed by atoms with van der Waals surface area (Å²) in [5.74, 6) is 2.49. The van der Waals surface area contributed by atoms with Gasteiger partial charge in [-0.1, -0.05) is 46.4 Å². The van der Waals surface area contributed by atoms with Crippen LogP contribution >= 0.6 is 11.8 Å². The number of nitrogens with zero attached hydrogens (tertiary/aromatic N) is 1. The Labute approximate surface area is 98.3 Å². The summed E-state index contributed by atoms with van der Waals surface area (Å²) in [4.78, 5) is 4.73. The lowest BCUT2D eigenvalue weighted by Gasteiger charge is -2.21. The van der Waals surface area contributed by atoms with Crippen molar-refractivity contribution in [1.29, 1.82) is 0 Å². The second-order valence-corrected chi connectivity index (χ2v) is 5.97. The van der Waals surface area contributed by atoms with Gasteiger partial charge in [-0.2, -0.15) is 0 Å². The van der Waals surface area contributed by atoms with Crippen LogP contribution in [0.15, 0.2) is 4.99 Å². The van der Waals surface area contributed by atoms with Crippen molar-refractivity contribution in [3.8, 4) is 0 Å². The van der Waals surface area contributed by atoms with Crippen LogP contribution in [0.5, 0.6) is 0 Å². The topological polar surface area (TPSA) is 24.4 Å². The van der Waals surface area contributed by atoms with Crippen LogP contribution in [0.3, 0.4) is 0 Å². The second-order valence-electron chi connectivity index (χ2n) is 4.96. The molecule has 88 valence electrons. The lowest BCUT2D eigenvalue weighted by atomic mass is 10.0. The van der Waals surface area contributed by atoms with E-state index in [2.05, 4.69) is 39.9 Å². The molecule has 15 heavy (non-hydrogen) atoms. The van der Waals surface area contributed by atoms with Gasteiger partial charge < -0.3 is 5.32 Å². The molecule has 0 saturated heterocycles. The highest BCUT2D eigenvalue weighted by molar-refractivity contribution is 8.14. The number of amidine groups is 1. The molecule has 1 N–H and O–H groups in total. The van der Waals surface area contributed by atoms with Gasteiger partial charge >= 0.3 is 0 Å². The molecule has 0 saturated carbocycles. The lowest BCUT2D eigenvalue weighted by Crippen LogP contribution is -2.36. The van der Waals surface area contributed by atoms with E-state index in [1.54, 1.807) is 0 Å². The Kier molecular flexibility index (Phi) is 4.97. The van der Waals surface area contributed by atoms with Crippen LogP contribution in [0.4, 0.5) is 0 Å². The van der Waals surface area contributed by atoms with Gasteiger partial charge in [-0.15, -0.1) is 0 Å². The van der Waals surface area contributed by atoms with Crippen LogP contribution in [0, 0.1) is 11.8 Å². The first-order valence-electron chi connectivity index (χ1n) is 6.01. The molecule has 0 amide bonds. The molecule has 0 spiro atoms. The minimum atomic E-state index is 0.516. The van der Waals surface area contributed by atoms with Crippen LogP contribution in [-0.4, -0.2) is 23.0 Å². The van der Waals surface area contributed by atoms with Crippen LogP contribution in [0.2, 0.25) is 0 Å². The largest absolute Gasteiger partial charge is 0.362 e. The third-order valence-corrected chi connectivity index (χ3v) is 4.00. The van der Waals surface area contributed by atoms with Gasteiger partial charge in [0.05, 0.1) is 6.04 Å². The van der Waals surface area contributed by atoms with Gasteiger partial charge in [0.15, 0.2) is 5.17 Å². The SMILES string of the molecule is CCC(NC1=NC(C(C)C)CS1)C(C)C. The van der Waals surface area contributed by atoms with Crippen molar-refractivity contribution in [3.05, 3.63) is 0 Å². The average molecular weight is 228 g/mol. The summed E-state index contributed by atoms with van der Waals surface area (Å²) in [5.41, 5.74) is 0. The summed E-state index contributed by atoms with van der Waals surface area (Å²) in [7, 11) is 0. The van der Waals surface area contributed by atoms with E-state index in [0.29, 0.717) is 23.9 Å². The molecule has 0 aromatic carbocycles. The predicted molar refractivity (Wildman–Crippen MR) is 70.6 cm³/mol. The van der Waals surface area contributed by atoms with E-state index in [1.807, 2.05) is 11.8 Å². The molecule has 0 aromatic heterocycles. The summed E-state index contributed by atoms with van der Waals surface area (Å²) < 4.78 is 0. The molecule has 0 bridgehead atoms. The average Bonchev–Trinajstić information content (AvgIpc) is 2.61. The first-order valence-corrected chi connectivity index (χ1v) is 7.00. The summed E-state index contributed by atoms with van der Waals surface area (Å²) in [6.45, 7) is 11.3. The van der Waals surface area contributed by atoms with Gasteiger partial charge in [-0.05, 0) is 18.3 Å². The maximum Gasteiger partial charge on any atom is 0.157 e. The lowest BCUT2D eigenvalue weighted by molar-refractivity contribution is 0.442. The third kappa shape index (κ3) is 3.71. The highest BCUT2D eigenvalue weighted by atomic mass is 32.2. The van der Waals surface area contributed by atoms with E-state index < -0.39 is 0 Å². The maximum atomic E-state index is 4.73. The second kappa shape index (κ2) is 5.78. The summed E-state index contributed by atoms with van der Waals surface area (Å²) in [6.07, 6.45) is 1.17. The molecule has 0 fully saturated rings. The molecule has 1 heterocycles. The molecule has 3 heteroatoms. The molecule has 2 unspecified atom stereocenters. The third-order valence-electron chi connectivity index (χ3n) is 3.00. The highest BCUT2D eigenvalue weighted by Crippen LogP contribution is 2.23. The molecule has 0 radical (unpaired) electrons. The van der Waals surface area contributed by atoms with Gasteiger partial charge in [-0.25, -0.2) is 0 Å². The van der Waals surface area contributed by atoms with Crippen molar-refractivity contribution in [2.24, 2.45) is 16.8 Å². The number of thioether (sulfide) groups is 1. The van der Waals surface area contributed by atoms with E-state index in [1.165, 1.54) is 6.42 Å². The number of rotatable bonds is 4. The quantitative estimate of drug-likeness (QED) is 0.799. The fourth-order valence-electron chi connectivity index (χ4n) is 1.71. The van der Waals surface area contributed by atoms with Crippen molar-refractivity contribution in [1.82, 2.24) is 5.32 Å². The van der Waals surface area contributed by atoms with E-state index >= 15 is 0 Å². The first kappa shape index (κ1) is 12.9. The van der Waals surface area contributed by atoms with E-state index in [-0.39, 0.29) is 0 Å². The molecule has 0 aromatic rings. The van der Waals surface area contributed by atoms with Gasteiger partial charge in [-0.3, -0.25) is 4.99 Å². The minimum absolute atomic E-state index is 0.516. The Morgan fingerprint density at radius 1 is 1.40 bits per heavy atom. The Morgan fingerprint density at radius 3 is 2.47 bits per heavy atom. The van der Waals surface area contributed by atoms with E-state index in [9.17, 15) is 0 Å². The van der Waals surface area contributed by atoms with E-state index in [0.717, 1.165) is 10.9 Å². The van der Waals surface area contributed by atoms with Crippen LogP contribution < -0.4 is 5.32 Å². The van der Waals surface area contributed by atoms with Crippen LogP contribution in [0.25, 0.3) is 0 Å². The Morgan fingerprint density at radius 2 is 2.07 bits per heavy atom. The zero-order valence-corrected chi connectivity index (χ0v) is 11.4. The first-order chi connectivity index (χ1) is 7.04. The van der Waals surface area contributed by atoms with Crippen molar-refractivity contribution in [3.63, 3.8) is 0 Å². The molecule has 1 aliphatic rings. The zero-order valence-electron chi connectivity index (χ0n) is 10.6. The number of nitrogens with one attached hydrogen (secondary N) is 1. The Bertz CT molecular complexity index is 224.